The van der Waals surface area contributed by atoms with Gasteiger partial charge >= 0.3 is 0 Å². The van der Waals surface area contributed by atoms with E-state index in [1.807, 2.05) is 11.0 Å². The minimum atomic E-state index is -0.378. The molecule has 1 aromatic carbocycles. The van der Waals surface area contributed by atoms with Gasteiger partial charge in [0.15, 0.2) is 0 Å². The Balaban J connectivity index is 1.84. The maximum absolute atomic E-state index is 12.1. The summed E-state index contributed by atoms with van der Waals surface area (Å²) in [5, 5.41) is 3.48. The SMILES string of the molecule is C=CC(=O)N1CCc2c(cccc2C2=C(I)C=C(C(N)=O)C3NC(C)=C(C)C23)C1. The Morgan fingerprint density at radius 1 is 1.34 bits per heavy atom. The number of nitrogens with zero attached hydrogens (tertiary/aromatic N) is 1. The molecule has 4 rings (SSSR count). The summed E-state index contributed by atoms with van der Waals surface area (Å²) in [7, 11) is 0. The zero-order valence-corrected chi connectivity index (χ0v) is 18.7. The minimum Gasteiger partial charge on any atom is -0.381 e. The molecule has 0 saturated carbocycles. The van der Waals surface area contributed by atoms with E-state index in [2.05, 4.69) is 66.5 Å². The van der Waals surface area contributed by atoms with Gasteiger partial charge in [0.1, 0.15) is 0 Å². The number of allylic oxidation sites excluding steroid dienone is 3. The van der Waals surface area contributed by atoms with Crippen molar-refractivity contribution in [1.82, 2.24) is 10.2 Å². The van der Waals surface area contributed by atoms with Gasteiger partial charge in [-0.2, -0.15) is 0 Å². The lowest BCUT2D eigenvalue weighted by Gasteiger charge is -2.34. The number of hydrogen-bond acceptors (Lipinski definition) is 3. The van der Waals surface area contributed by atoms with Crippen molar-refractivity contribution < 1.29 is 9.59 Å². The molecule has 0 fully saturated rings. The van der Waals surface area contributed by atoms with Crippen LogP contribution >= 0.6 is 22.6 Å². The summed E-state index contributed by atoms with van der Waals surface area (Å²) in [6.07, 6.45) is 4.11. The number of rotatable bonds is 3. The van der Waals surface area contributed by atoms with Gasteiger partial charge in [0.2, 0.25) is 11.8 Å². The van der Waals surface area contributed by atoms with Crippen LogP contribution in [0, 0.1) is 5.92 Å². The number of primary amides is 1. The summed E-state index contributed by atoms with van der Waals surface area (Å²) >= 11 is 2.33. The molecule has 5 nitrogen and oxygen atoms in total. The zero-order valence-electron chi connectivity index (χ0n) is 16.6. The molecule has 0 saturated heterocycles. The average molecular weight is 501 g/mol. The fourth-order valence-corrected chi connectivity index (χ4v) is 5.67. The van der Waals surface area contributed by atoms with Crippen LogP contribution in [0.15, 0.2) is 57.4 Å². The highest BCUT2D eigenvalue weighted by Crippen LogP contribution is 2.47. The molecule has 2 heterocycles. The van der Waals surface area contributed by atoms with Crippen molar-refractivity contribution >= 4 is 40.0 Å². The van der Waals surface area contributed by atoms with Crippen molar-refractivity contribution in [1.29, 1.82) is 0 Å². The van der Waals surface area contributed by atoms with Crippen LogP contribution in [0.1, 0.15) is 30.5 Å². The van der Waals surface area contributed by atoms with E-state index in [9.17, 15) is 9.59 Å². The fraction of sp³-hybridized carbons (Fsp3) is 0.304. The minimum absolute atomic E-state index is 0.0315. The van der Waals surface area contributed by atoms with Gasteiger partial charge < -0.3 is 16.0 Å². The van der Waals surface area contributed by atoms with Gasteiger partial charge in [0, 0.05) is 33.9 Å². The van der Waals surface area contributed by atoms with E-state index in [1.54, 1.807) is 0 Å². The maximum Gasteiger partial charge on any atom is 0.246 e. The van der Waals surface area contributed by atoms with Crippen LogP contribution < -0.4 is 11.1 Å². The number of nitrogens with one attached hydrogen (secondary N) is 1. The van der Waals surface area contributed by atoms with Crippen LogP contribution in [0.4, 0.5) is 0 Å². The summed E-state index contributed by atoms with van der Waals surface area (Å²) in [4.78, 5) is 26.0. The molecule has 3 aliphatic rings. The second-order valence-electron chi connectivity index (χ2n) is 7.79. The number of halogens is 1. The molecule has 6 heteroatoms. The first-order chi connectivity index (χ1) is 13.8. The molecule has 2 aliphatic heterocycles. The first kappa shape index (κ1) is 19.9. The first-order valence-corrected chi connectivity index (χ1v) is 10.8. The Morgan fingerprint density at radius 2 is 2.10 bits per heavy atom. The van der Waals surface area contributed by atoms with Crippen LogP contribution in [-0.4, -0.2) is 29.3 Å². The zero-order chi connectivity index (χ0) is 20.9. The van der Waals surface area contributed by atoms with Gasteiger partial charge in [-0.15, -0.1) is 0 Å². The molecule has 150 valence electrons. The van der Waals surface area contributed by atoms with Crippen LogP contribution in [-0.2, 0) is 22.6 Å². The van der Waals surface area contributed by atoms with Gasteiger partial charge in [0.05, 0.1) is 6.04 Å². The van der Waals surface area contributed by atoms with E-state index >= 15 is 0 Å². The lowest BCUT2D eigenvalue weighted by atomic mass is 9.75. The van der Waals surface area contributed by atoms with Gasteiger partial charge in [-0.05, 0) is 82.8 Å². The molecule has 2 atom stereocenters. The number of hydrogen-bond donors (Lipinski definition) is 2. The summed E-state index contributed by atoms with van der Waals surface area (Å²) in [5.74, 6) is -0.332. The quantitative estimate of drug-likeness (QED) is 0.494. The molecule has 0 radical (unpaired) electrons. The monoisotopic (exact) mass is 501 g/mol. The summed E-state index contributed by atoms with van der Waals surface area (Å²) < 4.78 is 1.05. The van der Waals surface area contributed by atoms with E-state index in [0.29, 0.717) is 18.7 Å². The van der Waals surface area contributed by atoms with E-state index in [0.717, 1.165) is 15.7 Å². The van der Waals surface area contributed by atoms with Gasteiger partial charge in [-0.25, -0.2) is 0 Å². The number of benzene rings is 1. The normalized spacial score (nSPS) is 23.3. The molecular formula is C23H24IN3O2. The van der Waals surface area contributed by atoms with E-state index < -0.39 is 0 Å². The molecular weight excluding hydrogens is 477 g/mol. The van der Waals surface area contributed by atoms with Crippen LogP contribution in [0.5, 0.6) is 0 Å². The molecule has 2 amide bonds. The first-order valence-electron chi connectivity index (χ1n) is 9.71. The molecule has 0 bridgehead atoms. The third-order valence-electron chi connectivity index (χ3n) is 6.28. The van der Waals surface area contributed by atoms with Crippen LogP contribution in [0.25, 0.3) is 5.57 Å². The summed E-state index contributed by atoms with van der Waals surface area (Å²) in [5.41, 5.74) is 13.6. The molecule has 3 N–H and O–H groups in total. The fourth-order valence-electron chi connectivity index (χ4n) is 4.71. The largest absolute Gasteiger partial charge is 0.381 e. The lowest BCUT2D eigenvalue weighted by Crippen LogP contribution is -2.39. The smallest absolute Gasteiger partial charge is 0.246 e. The van der Waals surface area contributed by atoms with Crippen molar-refractivity contribution in [2.24, 2.45) is 11.7 Å². The predicted molar refractivity (Wildman–Crippen MR) is 123 cm³/mol. The van der Waals surface area contributed by atoms with E-state index in [4.69, 9.17) is 5.73 Å². The molecule has 1 aliphatic carbocycles. The second kappa shape index (κ2) is 7.48. The van der Waals surface area contributed by atoms with Crippen molar-refractivity contribution in [3.8, 4) is 0 Å². The van der Waals surface area contributed by atoms with Crippen molar-refractivity contribution in [2.45, 2.75) is 32.9 Å². The highest BCUT2D eigenvalue weighted by molar-refractivity contribution is 14.1. The average Bonchev–Trinajstić information content (AvgIpc) is 3.00. The van der Waals surface area contributed by atoms with E-state index in [-0.39, 0.29) is 23.8 Å². The number of fused-ring (bicyclic) bond motifs is 2. The topological polar surface area (TPSA) is 75.4 Å². The Labute approximate surface area is 184 Å². The number of amides is 2. The number of carbonyl (C=O) groups is 2. The second-order valence-corrected chi connectivity index (χ2v) is 8.95. The highest BCUT2D eigenvalue weighted by atomic mass is 127. The summed E-state index contributed by atoms with van der Waals surface area (Å²) in [6.45, 7) is 9.07. The van der Waals surface area contributed by atoms with Crippen LogP contribution in [0.3, 0.4) is 0 Å². The highest BCUT2D eigenvalue weighted by Gasteiger charge is 2.42. The van der Waals surface area contributed by atoms with Gasteiger partial charge in [0.25, 0.3) is 0 Å². The van der Waals surface area contributed by atoms with Gasteiger partial charge in [-0.1, -0.05) is 24.8 Å². The van der Waals surface area contributed by atoms with Crippen molar-refractivity contribution in [3.63, 3.8) is 0 Å². The van der Waals surface area contributed by atoms with Gasteiger partial charge in [-0.3, -0.25) is 9.59 Å². The Morgan fingerprint density at radius 3 is 2.79 bits per heavy atom. The van der Waals surface area contributed by atoms with E-state index in [1.165, 1.54) is 33.9 Å². The van der Waals surface area contributed by atoms with Crippen molar-refractivity contribution in [2.75, 3.05) is 6.54 Å². The Kier molecular flexibility index (Phi) is 5.14. The van der Waals surface area contributed by atoms with Crippen molar-refractivity contribution in [3.05, 3.63) is 74.0 Å². The Hall–Kier alpha value is -2.35. The van der Waals surface area contributed by atoms with Crippen LogP contribution in [0.2, 0.25) is 0 Å². The number of carbonyl (C=O) groups excluding carboxylic acids is 2. The predicted octanol–water partition coefficient (Wildman–Crippen LogP) is 3.21. The molecule has 29 heavy (non-hydrogen) atoms. The molecule has 2 unspecified atom stereocenters. The summed E-state index contributed by atoms with van der Waals surface area (Å²) in [6, 6.07) is 6.20. The molecule has 0 spiro atoms. The third kappa shape index (κ3) is 3.23. The molecule has 1 aromatic rings. The standard InChI is InChI=1S/C23H24IN3O2/c1-4-19(28)27-9-8-15-14(11-27)6-5-7-16(15)21-18(24)10-17(23(25)29)22-20(21)12(2)13(3)26-22/h4-7,10,20,22,26H,1,8-9,11H2,2-3H3,(H2,25,29). The molecule has 0 aromatic heterocycles. The number of nitrogens with two attached hydrogens (primary N) is 1. The third-order valence-corrected chi connectivity index (χ3v) is 7.17. The Bertz CT molecular complexity index is 1030. The lowest BCUT2D eigenvalue weighted by molar-refractivity contribution is -0.126. The maximum atomic E-state index is 12.1.